The van der Waals surface area contributed by atoms with Crippen LogP contribution in [0.2, 0.25) is 5.02 Å². The Labute approximate surface area is 107 Å². The van der Waals surface area contributed by atoms with Gasteiger partial charge in [-0.2, -0.15) is 0 Å². The first kappa shape index (κ1) is 11.5. The van der Waals surface area contributed by atoms with Crippen molar-refractivity contribution in [1.29, 1.82) is 0 Å². The molecule has 1 unspecified atom stereocenters. The molecule has 1 atom stereocenters. The molecule has 0 saturated heterocycles. The standard InChI is InChI=1S/C14H18ClNO/c15-11-5-3-10(4-6-11)14(9-1-2-9)16-12-7-13(17)8-12/h3-6,9,12-14,16-17H,1-2,7-8H2. The van der Waals surface area contributed by atoms with Crippen LogP contribution in [0.5, 0.6) is 0 Å². The first-order valence-electron chi connectivity index (χ1n) is 6.42. The predicted octanol–water partition coefficient (Wildman–Crippen LogP) is 2.90. The van der Waals surface area contributed by atoms with Gasteiger partial charge in [0.05, 0.1) is 6.10 Å². The van der Waals surface area contributed by atoms with Crippen LogP contribution in [0.25, 0.3) is 0 Å². The van der Waals surface area contributed by atoms with Gasteiger partial charge in [-0.1, -0.05) is 23.7 Å². The minimum Gasteiger partial charge on any atom is -0.393 e. The van der Waals surface area contributed by atoms with Crippen LogP contribution in [0.3, 0.4) is 0 Å². The maximum atomic E-state index is 9.33. The third kappa shape index (κ3) is 2.65. The highest BCUT2D eigenvalue weighted by atomic mass is 35.5. The smallest absolute Gasteiger partial charge is 0.0570 e. The quantitative estimate of drug-likeness (QED) is 0.863. The highest BCUT2D eigenvalue weighted by Gasteiger charge is 2.36. The molecular weight excluding hydrogens is 234 g/mol. The van der Waals surface area contributed by atoms with Crippen LogP contribution in [-0.4, -0.2) is 17.3 Å². The van der Waals surface area contributed by atoms with Crippen molar-refractivity contribution in [3.63, 3.8) is 0 Å². The van der Waals surface area contributed by atoms with E-state index in [0.717, 1.165) is 23.8 Å². The molecule has 2 fully saturated rings. The first-order chi connectivity index (χ1) is 8.22. The molecule has 2 saturated carbocycles. The minimum absolute atomic E-state index is 0.0856. The lowest BCUT2D eigenvalue weighted by Gasteiger charge is -2.35. The van der Waals surface area contributed by atoms with Crippen molar-refractivity contribution in [1.82, 2.24) is 5.32 Å². The van der Waals surface area contributed by atoms with E-state index in [9.17, 15) is 5.11 Å². The Bertz CT molecular complexity index is 382. The Kier molecular flexibility index (Phi) is 3.12. The Morgan fingerprint density at radius 3 is 2.35 bits per heavy atom. The SMILES string of the molecule is OC1CC(NC(c2ccc(Cl)cc2)C2CC2)C1. The Balaban J connectivity index is 1.69. The van der Waals surface area contributed by atoms with Gasteiger partial charge in [-0.15, -0.1) is 0 Å². The molecule has 3 rings (SSSR count). The molecule has 1 aromatic rings. The zero-order chi connectivity index (χ0) is 11.8. The Morgan fingerprint density at radius 1 is 1.18 bits per heavy atom. The molecule has 2 aliphatic carbocycles. The molecule has 92 valence electrons. The maximum absolute atomic E-state index is 9.33. The predicted molar refractivity (Wildman–Crippen MR) is 69.1 cm³/mol. The third-order valence-corrected chi connectivity index (χ3v) is 4.10. The molecule has 2 nitrogen and oxygen atoms in total. The topological polar surface area (TPSA) is 32.3 Å². The summed E-state index contributed by atoms with van der Waals surface area (Å²) in [5.41, 5.74) is 1.33. The number of halogens is 1. The second kappa shape index (κ2) is 4.60. The third-order valence-electron chi connectivity index (χ3n) is 3.85. The van der Waals surface area contributed by atoms with E-state index < -0.39 is 0 Å². The monoisotopic (exact) mass is 251 g/mol. The maximum Gasteiger partial charge on any atom is 0.0570 e. The van der Waals surface area contributed by atoms with Crippen LogP contribution in [0.4, 0.5) is 0 Å². The van der Waals surface area contributed by atoms with Crippen molar-refractivity contribution in [3.05, 3.63) is 34.9 Å². The molecule has 2 N–H and O–H groups in total. The van der Waals surface area contributed by atoms with Crippen LogP contribution in [0.1, 0.15) is 37.3 Å². The van der Waals surface area contributed by atoms with Gasteiger partial charge in [-0.05, 0) is 49.3 Å². The molecule has 0 amide bonds. The van der Waals surface area contributed by atoms with Crippen LogP contribution >= 0.6 is 11.6 Å². The number of rotatable bonds is 4. The van der Waals surface area contributed by atoms with Gasteiger partial charge in [0.2, 0.25) is 0 Å². The average Bonchev–Trinajstić information content (AvgIpc) is 3.08. The van der Waals surface area contributed by atoms with Gasteiger partial charge in [-0.25, -0.2) is 0 Å². The van der Waals surface area contributed by atoms with Gasteiger partial charge in [-0.3, -0.25) is 0 Å². The lowest BCUT2D eigenvalue weighted by molar-refractivity contribution is 0.0563. The highest BCUT2D eigenvalue weighted by Crippen LogP contribution is 2.42. The van der Waals surface area contributed by atoms with Crippen molar-refractivity contribution in [2.45, 2.75) is 43.9 Å². The van der Waals surface area contributed by atoms with E-state index in [2.05, 4.69) is 17.4 Å². The van der Waals surface area contributed by atoms with E-state index in [4.69, 9.17) is 11.6 Å². The molecule has 0 heterocycles. The van der Waals surface area contributed by atoms with Crippen molar-refractivity contribution < 1.29 is 5.11 Å². The summed E-state index contributed by atoms with van der Waals surface area (Å²) in [5, 5.41) is 13.8. The molecular formula is C14H18ClNO. The van der Waals surface area contributed by atoms with Crippen molar-refractivity contribution in [2.75, 3.05) is 0 Å². The largest absolute Gasteiger partial charge is 0.393 e. The normalized spacial score (nSPS) is 29.8. The summed E-state index contributed by atoms with van der Waals surface area (Å²) in [6.45, 7) is 0. The molecule has 3 heteroatoms. The fourth-order valence-corrected chi connectivity index (χ4v) is 2.71. The van der Waals surface area contributed by atoms with Gasteiger partial charge in [0.15, 0.2) is 0 Å². The zero-order valence-electron chi connectivity index (χ0n) is 9.77. The average molecular weight is 252 g/mol. The van der Waals surface area contributed by atoms with Gasteiger partial charge >= 0.3 is 0 Å². The van der Waals surface area contributed by atoms with Crippen LogP contribution in [0.15, 0.2) is 24.3 Å². The van der Waals surface area contributed by atoms with E-state index in [0.29, 0.717) is 12.1 Å². The summed E-state index contributed by atoms with van der Waals surface area (Å²) >= 11 is 5.92. The second-order valence-corrected chi connectivity index (χ2v) is 5.79. The number of hydrogen-bond acceptors (Lipinski definition) is 2. The van der Waals surface area contributed by atoms with Crippen LogP contribution in [0, 0.1) is 5.92 Å². The molecule has 0 radical (unpaired) electrons. The number of aliphatic hydroxyl groups is 1. The Morgan fingerprint density at radius 2 is 1.82 bits per heavy atom. The summed E-state index contributed by atoms with van der Waals surface area (Å²) in [6.07, 6.45) is 4.34. The lowest BCUT2D eigenvalue weighted by Crippen LogP contribution is -2.46. The van der Waals surface area contributed by atoms with Gasteiger partial charge in [0.25, 0.3) is 0 Å². The summed E-state index contributed by atoms with van der Waals surface area (Å²) in [5.74, 6) is 0.772. The highest BCUT2D eigenvalue weighted by molar-refractivity contribution is 6.30. The van der Waals surface area contributed by atoms with Gasteiger partial charge in [0, 0.05) is 17.1 Å². The molecule has 1 aromatic carbocycles. The minimum atomic E-state index is -0.0856. The fraction of sp³-hybridized carbons (Fsp3) is 0.571. The van der Waals surface area contributed by atoms with E-state index in [1.165, 1.54) is 18.4 Å². The second-order valence-electron chi connectivity index (χ2n) is 5.36. The van der Waals surface area contributed by atoms with E-state index in [1.807, 2.05) is 12.1 Å². The molecule has 0 bridgehead atoms. The summed E-state index contributed by atoms with van der Waals surface area (Å²) in [6, 6.07) is 9.10. The number of nitrogens with one attached hydrogen (secondary N) is 1. The van der Waals surface area contributed by atoms with Crippen molar-refractivity contribution in [2.24, 2.45) is 5.92 Å². The Hall–Kier alpha value is -0.570. The van der Waals surface area contributed by atoms with Crippen LogP contribution < -0.4 is 5.32 Å². The van der Waals surface area contributed by atoms with Crippen LogP contribution in [-0.2, 0) is 0 Å². The number of benzene rings is 1. The fourth-order valence-electron chi connectivity index (χ4n) is 2.58. The molecule has 17 heavy (non-hydrogen) atoms. The van der Waals surface area contributed by atoms with Gasteiger partial charge in [0.1, 0.15) is 0 Å². The molecule has 0 spiro atoms. The summed E-state index contributed by atoms with van der Waals surface area (Å²) in [7, 11) is 0. The van der Waals surface area contributed by atoms with E-state index in [-0.39, 0.29) is 6.10 Å². The number of hydrogen-bond donors (Lipinski definition) is 2. The molecule has 0 aromatic heterocycles. The van der Waals surface area contributed by atoms with Crippen molar-refractivity contribution >= 4 is 11.6 Å². The molecule has 2 aliphatic rings. The summed E-state index contributed by atoms with van der Waals surface area (Å²) in [4.78, 5) is 0. The first-order valence-corrected chi connectivity index (χ1v) is 6.80. The zero-order valence-corrected chi connectivity index (χ0v) is 10.5. The van der Waals surface area contributed by atoms with Crippen molar-refractivity contribution in [3.8, 4) is 0 Å². The molecule has 0 aliphatic heterocycles. The number of aliphatic hydroxyl groups excluding tert-OH is 1. The van der Waals surface area contributed by atoms with Gasteiger partial charge < -0.3 is 10.4 Å². The summed E-state index contributed by atoms with van der Waals surface area (Å²) < 4.78 is 0. The lowest BCUT2D eigenvalue weighted by atomic mass is 9.87. The van der Waals surface area contributed by atoms with E-state index >= 15 is 0 Å². The van der Waals surface area contributed by atoms with E-state index in [1.54, 1.807) is 0 Å².